The first-order chi connectivity index (χ1) is 12.1. The van der Waals surface area contributed by atoms with Gasteiger partial charge in [0, 0.05) is 12.9 Å². The molecule has 0 radical (unpaired) electrons. The molecule has 25 heavy (non-hydrogen) atoms. The van der Waals surface area contributed by atoms with Gasteiger partial charge in [0.2, 0.25) is 0 Å². The highest BCUT2D eigenvalue weighted by molar-refractivity contribution is 7.98. The number of aromatic nitrogens is 2. The number of methoxy groups -OCH3 is 1. The van der Waals surface area contributed by atoms with Crippen LogP contribution in [0.1, 0.15) is 24.1 Å². The first-order valence-corrected chi connectivity index (χ1v) is 9.28. The fourth-order valence-corrected chi connectivity index (χ4v) is 4.02. The third kappa shape index (κ3) is 3.78. The number of ether oxygens (including phenoxy) is 1. The number of thioether (sulfide) groups is 1. The van der Waals surface area contributed by atoms with Gasteiger partial charge in [-0.15, -0.1) is 0 Å². The maximum Gasteiger partial charge on any atom is 0.262 e. The molecule has 1 unspecified atom stereocenters. The van der Waals surface area contributed by atoms with Gasteiger partial charge in [-0.25, -0.2) is 4.98 Å². The van der Waals surface area contributed by atoms with Crippen LogP contribution in [0, 0.1) is 6.92 Å². The minimum absolute atomic E-state index is 0.0116. The summed E-state index contributed by atoms with van der Waals surface area (Å²) in [6.07, 6.45) is 0. The lowest BCUT2D eigenvalue weighted by Crippen LogP contribution is -2.28. The number of rotatable bonds is 6. The Balaban J connectivity index is 2.04. The van der Waals surface area contributed by atoms with Crippen molar-refractivity contribution in [1.29, 1.82) is 0 Å². The number of nitrogens with zero attached hydrogens (tertiary/aromatic N) is 2. The lowest BCUT2D eigenvalue weighted by molar-refractivity contribution is 0.156. The number of aryl methyl sites for hydroxylation is 1. The van der Waals surface area contributed by atoms with Crippen LogP contribution in [0.4, 0.5) is 0 Å². The zero-order valence-corrected chi connectivity index (χ0v) is 15.5. The molecule has 3 aromatic rings. The van der Waals surface area contributed by atoms with Gasteiger partial charge in [-0.3, -0.25) is 9.36 Å². The number of hydrogen-bond acceptors (Lipinski definition) is 4. The second-order valence-electron chi connectivity index (χ2n) is 6.11. The van der Waals surface area contributed by atoms with Gasteiger partial charge in [-0.05, 0) is 37.1 Å². The van der Waals surface area contributed by atoms with Crippen LogP contribution in [0.25, 0.3) is 10.9 Å². The van der Waals surface area contributed by atoms with Gasteiger partial charge < -0.3 is 4.74 Å². The summed E-state index contributed by atoms with van der Waals surface area (Å²) in [5, 5.41) is 1.38. The van der Waals surface area contributed by atoms with Crippen LogP contribution in [0.3, 0.4) is 0 Å². The standard InChI is InChI=1S/C20H22N2O2S/c1-14-8-4-5-9-16(14)13-25-20-21-18-11-7-6-10-17(18)19(23)22(20)15(2)12-24-3/h4-11,15H,12-13H2,1-3H3. The molecular weight excluding hydrogens is 332 g/mol. The monoisotopic (exact) mass is 354 g/mol. The van der Waals surface area contributed by atoms with E-state index in [9.17, 15) is 4.79 Å². The third-order valence-electron chi connectivity index (χ3n) is 4.24. The van der Waals surface area contributed by atoms with E-state index >= 15 is 0 Å². The average Bonchev–Trinajstić information content (AvgIpc) is 2.61. The van der Waals surface area contributed by atoms with E-state index in [2.05, 4.69) is 19.1 Å². The quantitative estimate of drug-likeness (QED) is 0.491. The van der Waals surface area contributed by atoms with E-state index in [0.717, 1.165) is 16.4 Å². The molecule has 130 valence electrons. The van der Waals surface area contributed by atoms with Gasteiger partial charge in [0.05, 0.1) is 23.6 Å². The Labute approximate surface area is 151 Å². The molecule has 1 atom stereocenters. The molecule has 0 bridgehead atoms. The molecule has 1 heterocycles. The maximum absolute atomic E-state index is 13.0. The summed E-state index contributed by atoms with van der Waals surface area (Å²) in [4.78, 5) is 17.8. The molecule has 0 saturated carbocycles. The van der Waals surface area contributed by atoms with Gasteiger partial charge in [-0.1, -0.05) is 48.2 Å². The smallest absolute Gasteiger partial charge is 0.262 e. The summed E-state index contributed by atoms with van der Waals surface area (Å²) in [5.74, 6) is 0.775. The summed E-state index contributed by atoms with van der Waals surface area (Å²) < 4.78 is 7.02. The lowest BCUT2D eigenvalue weighted by atomic mass is 10.1. The highest BCUT2D eigenvalue weighted by atomic mass is 32.2. The summed E-state index contributed by atoms with van der Waals surface area (Å²) in [6, 6.07) is 15.7. The van der Waals surface area contributed by atoms with Gasteiger partial charge in [0.15, 0.2) is 5.16 Å². The van der Waals surface area contributed by atoms with Crippen molar-refractivity contribution in [3.8, 4) is 0 Å². The average molecular weight is 354 g/mol. The van der Waals surface area contributed by atoms with Gasteiger partial charge in [0.25, 0.3) is 5.56 Å². The van der Waals surface area contributed by atoms with Crippen LogP contribution in [-0.4, -0.2) is 23.3 Å². The topological polar surface area (TPSA) is 44.1 Å². The summed E-state index contributed by atoms with van der Waals surface area (Å²) in [5.41, 5.74) is 3.22. The Morgan fingerprint density at radius 3 is 2.64 bits per heavy atom. The van der Waals surface area contributed by atoms with Crippen molar-refractivity contribution in [2.75, 3.05) is 13.7 Å². The van der Waals surface area contributed by atoms with Crippen molar-refractivity contribution < 1.29 is 4.74 Å². The molecule has 0 aliphatic heterocycles. The molecule has 5 heteroatoms. The van der Waals surface area contributed by atoms with Crippen molar-refractivity contribution >= 4 is 22.7 Å². The van der Waals surface area contributed by atoms with Crippen LogP contribution >= 0.6 is 11.8 Å². The summed E-state index contributed by atoms with van der Waals surface area (Å²) >= 11 is 1.59. The van der Waals surface area contributed by atoms with Crippen LogP contribution in [0.5, 0.6) is 0 Å². The number of benzene rings is 2. The number of hydrogen-bond donors (Lipinski definition) is 0. The maximum atomic E-state index is 13.0. The molecule has 0 spiro atoms. The molecule has 0 N–H and O–H groups in total. The first kappa shape index (κ1) is 17.7. The molecule has 2 aromatic carbocycles. The van der Waals surface area contributed by atoms with Crippen molar-refractivity contribution in [2.24, 2.45) is 0 Å². The molecule has 0 aliphatic carbocycles. The Hall–Kier alpha value is -2.11. The van der Waals surface area contributed by atoms with Crippen LogP contribution in [-0.2, 0) is 10.5 Å². The van der Waals surface area contributed by atoms with Crippen molar-refractivity contribution in [3.05, 3.63) is 70.0 Å². The van der Waals surface area contributed by atoms with E-state index in [0.29, 0.717) is 12.0 Å². The zero-order chi connectivity index (χ0) is 17.8. The number of para-hydroxylation sites is 1. The largest absolute Gasteiger partial charge is 0.383 e. The summed E-state index contributed by atoms with van der Waals surface area (Å²) in [6.45, 7) is 4.56. The Kier molecular flexibility index (Phi) is 5.56. The van der Waals surface area contributed by atoms with Gasteiger partial charge >= 0.3 is 0 Å². The van der Waals surface area contributed by atoms with E-state index in [1.54, 1.807) is 23.4 Å². The minimum Gasteiger partial charge on any atom is -0.383 e. The van der Waals surface area contributed by atoms with E-state index in [1.807, 2.05) is 43.3 Å². The highest BCUT2D eigenvalue weighted by Crippen LogP contribution is 2.25. The third-order valence-corrected chi connectivity index (χ3v) is 5.24. The van der Waals surface area contributed by atoms with E-state index in [-0.39, 0.29) is 11.6 Å². The molecule has 0 aliphatic rings. The SMILES string of the molecule is COCC(C)n1c(SCc2ccccc2C)nc2ccccc2c1=O. The Morgan fingerprint density at radius 1 is 1.16 bits per heavy atom. The Bertz CT molecular complexity index is 936. The normalized spacial score (nSPS) is 12.4. The van der Waals surface area contributed by atoms with Crippen molar-refractivity contribution in [1.82, 2.24) is 9.55 Å². The van der Waals surface area contributed by atoms with Crippen LogP contribution in [0.15, 0.2) is 58.5 Å². The second-order valence-corrected chi connectivity index (χ2v) is 7.05. The molecule has 0 saturated heterocycles. The molecule has 3 rings (SSSR count). The van der Waals surface area contributed by atoms with E-state index in [1.165, 1.54) is 11.1 Å². The first-order valence-electron chi connectivity index (χ1n) is 8.29. The van der Waals surface area contributed by atoms with Crippen molar-refractivity contribution in [2.45, 2.75) is 30.8 Å². The van der Waals surface area contributed by atoms with Crippen LogP contribution in [0.2, 0.25) is 0 Å². The summed E-state index contributed by atoms with van der Waals surface area (Å²) in [7, 11) is 1.65. The van der Waals surface area contributed by atoms with E-state index in [4.69, 9.17) is 9.72 Å². The van der Waals surface area contributed by atoms with E-state index < -0.39 is 0 Å². The highest BCUT2D eigenvalue weighted by Gasteiger charge is 2.16. The number of fused-ring (bicyclic) bond motifs is 1. The fraction of sp³-hybridized carbons (Fsp3) is 0.300. The van der Waals surface area contributed by atoms with Gasteiger partial charge in [0.1, 0.15) is 0 Å². The molecule has 1 aromatic heterocycles. The van der Waals surface area contributed by atoms with Crippen molar-refractivity contribution in [3.63, 3.8) is 0 Å². The zero-order valence-electron chi connectivity index (χ0n) is 14.7. The molecule has 4 nitrogen and oxygen atoms in total. The fourth-order valence-electron chi connectivity index (χ4n) is 2.85. The van der Waals surface area contributed by atoms with Crippen LogP contribution < -0.4 is 5.56 Å². The minimum atomic E-state index is -0.0750. The lowest BCUT2D eigenvalue weighted by Gasteiger charge is -2.19. The molecule has 0 fully saturated rings. The molecular formula is C20H22N2O2S. The predicted molar refractivity (Wildman–Crippen MR) is 103 cm³/mol. The Morgan fingerprint density at radius 2 is 1.88 bits per heavy atom. The second kappa shape index (κ2) is 7.85. The predicted octanol–water partition coefficient (Wildman–Crippen LogP) is 4.20. The molecule has 0 amide bonds. The van der Waals surface area contributed by atoms with Gasteiger partial charge in [-0.2, -0.15) is 0 Å².